The Labute approximate surface area is 89.3 Å². The number of carboxylic acids is 1. The van der Waals surface area contributed by atoms with Crippen molar-refractivity contribution in [2.24, 2.45) is 0 Å². The Morgan fingerprint density at radius 1 is 1.31 bits per heavy atom. The van der Waals surface area contributed by atoms with Gasteiger partial charge in [-0.2, -0.15) is 13.2 Å². The van der Waals surface area contributed by atoms with Gasteiger partial charge in [0.15, 0.2) is 0 Å². The molecule has 0 spiro atoms. The number of amides is 1. The Bertz CT molecular complexity index is 320. The van der Waals surface area contributed by atoms with Crippen molar-refractivity contribution in [2.45, 2.75) is 25.1 Å². The largest absolute Gasteiger partial charge is 0.478 e. The van der Waals surface area contributed by atoms with Crippen molar-refractivity contribution in [2.75, 3.05) is 6.54 Å². The molecule has 1 aliphatic carbocycles. The topological polar surface area (TPSA) is 57.6 Å². The predicted octanol–water partition coefficient (Wildman–Crippen LogP) is 1.18. The molecule has 4 nitrogen and oxygen atoms in total. The van der Waals surface area contributed by atoms with Crippen LogP contribution in [0.1, 0.15) is 12.8 Å². The number of hydrogen-bond acceptors (Lipinski definition) is 2. The summed E-state index contributed by atoms with van der Waals surface area (Å²) in [4.78, 5) is 22.1. The Kier molecular flexibility index (Phi) is 3.56. The highest BCUT2D eigenvalue weighted by molar-refractivity contribution is 5.94. The maximum absolute atomic E-state index is 12.1. The smallest absolute Gasteiger partial charge is 0.406 e. The number of carbonyl (C=O) groups excluding carboxylic acids is 1. The highest BCUT2D eigenvalue weighted by Crippen LogP contribution is 2.30. The van der Waals surface area contributed by atoms with E-state index in [9.17, 15) is 22.8 Å². The van der Waals surface area contributed by atoms with Crippen molar-refractivity contribution in [3.8, 4) is 0 Å². The SMILES string of the molecule is O=C(O)C=CC(=O)N(CC(F)(F)F)C1CC1. The Hall–Kier alpha value is -1.53. The molecule has 0 aliphatic heterocycles. The van der Waals surface area contributed by atoms with E-state index in [4.69, 9.17) is 5.11 Å². The van der Waals surface area contributed by atoms with Gasteiger partial charge in [-0.05, 0) is 12.8 Å². The first-order valence-electron chi connectivity index (χ1n) is 4.58. The zero-order valence-corrected chi connectivity index (χ0v) is 8.20. The van der Waals surface area contributed by atoms with E-state index in [1.54, 1.807) is 0 Å². The number of rotatable bonds is 4. The first-order chi connectivity index (χ1) is 7.29. The second kappa shape index (κ2) is 4.54. The number of carbonyl (C=O) groups is 2. The first kappa shape index (κ1) is 12.5. The molecule has 0 aromatic carbocycles. The van der Waals surface area contributed by atoms with Crippen LogP contribution in [0.4, 0.5) is 13.2 Å². The molecule has 90 valence electrons. The van der Waals surface area contributed by atoms with Gasteiger partial charge in [-0.3, -0.25) is 4.79 Å². The third-order valence-electron chi connectivity index (χ3n) is 1.99. The van der Waals surface area contributed by atoms with Crippen LogP contribution in [0.3, 0.4) is 0 Å². The fourth-order valence-corrected chi connectivity index (χ4v) is 1.20. The van der Waals surface area contributed by atoms with Crippen molar-refractivity contribution >= 4 is 11.9 Å². The van der Waals surface area contributed by atoms with E-state index in [0.29, 0.717) is 29.9 Å². The van der Waals surface area contributed by atoms with E-state index in [1.165, 1.54) is 0 Å². The van der Waals surface area contributed by atoms with E-state index in [1.807, 2.05) is 0 Å². The van der Waals surface area contributed by atoms with Crippen LogP contribution in [-0.4, -0.2) is 40.6 Å². The van der Waals surface area contributed by atoms with Gasteiger partial charge in [-0.15, -0.1) is 0 Å². The van der Waals surface area contributed by atoms with E-state index >= 15 is 0 Å². The molecule has 1 saturated carbocycles. The van der Waals surface area contributed by atoms with Crippen LogP contribution in [0, 0.1) is 0 Å². The van der Waals surface area contributed by atoms with Crippen molar-refractivity contribution in [3.63, 3.8) is 0 Å². The van der Waals surface area contributed by atoms with Gasteiger partial charge in [0, 0.05) is 18.2 Å². The molecule has 1 N–H and O–H groups in total. The zero-order chi connectivity index (χ0) is 12.3. The summed E-state index contributed by atoms with van der Waals surface area (Å²) in [7, 11) is 0. The molecule has 0 heterocycles. The number of hydrogen-bond donors (Lipinski definition) is 1. The normalized spacial score (nSPS) is 16.4. The lowest BCUT2D eigenvalue weighted by atomic mass is 10.4. The summed E-state index contributed by atoms with van der Waals surface area (Å²) in [5.41, 5.74) is 0. The van der Waals surface area contributed by atoms with E-state index in [0.717, 1.165) is 0 Å². The molecule has 1 fully saturated rings. The first-order valence-corrected chi connectivity index (χ1v) is 4.58. The molecule has 0 bridgehead atoms. The fraction of sp³-hybridized carbons (Fsp3) is 0.556. The lowest BCUT2D eigenvalue weighted by molar-refractivity contribution is -0.159. The van der Waals surface area contributed by atoms with Gasteiger partial charge in [-0.25, -0.2) is 4.79 Å². The van der Waals surface area contributed by atoms with Crippen molar-refractivity contribution in [1.82, 2.24) is 4.90 Å². The maximum Gasteiger partial charge on any atom is 0.406 e. The van der Waals surface area contributed by atoms with Crippen LogP contribution in [0.15, 0.2) is 12.2 Å². The molecular weight excluding hydrogens is 227 g/mol. The van der Waals surface area contributed by atoms with Crippen LogP contribution >= 0.6 is 0 Å². The van der Waals surface area contributed by atoms with Crippen LogP contribution in [0.2, 0.25) is 0 Å². The minimum Gasteiger partial charge on any atom is -0.478 e. The second-order valence-corrected chi connectivity index (χ2v) is 3.48. The summed E-state index contributed by atoms with van der Waals surface area (Å²) in [6.45, 7) is -1.33. The molecular formula is C9H10F3NO3. The highest BCUT2D eigenvalue weighted by Gasteiger charge is 2.39. The molecule has 0 radical (unpaired) electrons. The zero-order valence-electron chi connectivity index (χ0n) is 8.20. The molecule has 7 heteroatoms. The van der Waals surface area contributed by atoms with E-state index in [-0.39, 0.29) is 0 Å². The summed E-state index contributed by atoms with van der Waals surface area (Å²) in [6.07, 6.45) is -2.22. The average molecular weight is 237 g/mol. The number of nitrogens with zero attached hydrogens (tertiary/aromatic N) is 1. The summed E-state index contributed by atoms with van der Waals surface area (Å²) in [6, 6.07) is -0.410. The lowest BCUT2D eigenvalue weighted by Gasteiger charge is -2.22. The molecule has 0 atom stereocenters. The highest BCUT2D eigenvalue weighted by atomic mass is 19.4. The summed E-state index contributed by atoms with van der Waals surface area (Å²) >= 11 is 0. The summed E-state index contributed by atoms with van der Waals surface area (Å²) < 4.78 is 36.4. The molecule has 1 aliphatic rings. The minimum atomic E-state index is -4.46. The molecule has 0 aromatic rings. The molecule has 16 heavy (non-hydrogen) atoms. The van der Waals surface area contributed by atoms with Crippen molar-refractivity contribution in [1.29, 1.82) is 0 Å². The molecule has 1 amide bonds. The average Bonchev–Trinajstić information content (AvgIpc) is 2.91. The van der Waals surface area contributed by atoms with Crippen LogP contribution in [0.5, 0.6) is 0 Å². The van der Waals surface area contributed by atoms with Gasteiger partial charge >= 0.3 is 12.1 Å². The monoisotopic (exact) mass is 237 g/mol. The number of carboxylic acid groups (broad SMARTS) is 1. The standard InChI is InChI=1S/C9H10F3NO3/c10-9(11,12)5-13(6-1-2-6)7(14)3-4-8(15)16/h3-4,6H,1-2,5H2,(H,15,16). The predicted molar refractivity (Wildman–Crippen MR) is 47.6 cm³/mol. The second-order valence-electron chi connectivity index (χ2n) is 3.48. The third-order valence-corrected chi connectivity index (χ3v) is 1.99. The van der Waals surface area contributed by atoms with Gasteiger partial charge < -0.3 is 10.0 Å². The molecule has 1 rings (SSSR count). The summed E-state index contributed by atoms with van der Waals surface area (Å²) in [5.74, 6) is -2.28. The van der Waals surface area contributed by atoms with Crippen LogP contribution < -0.4 is 0 Å². The quantitative estimate of drug-likeness (QED) is 0.747. The van der Waals surface area contributed by atoms with Gasteiger partial charge in [0.05, 0.1) is 0 Å². The third kappa shape index (κ3) is 4.33. The van der Waals surface area contributed by atoms with Gasteiger partial charge in [0.2, 0.25) is 5.91 Å². The van der Waals surface area contributed by atoms with E-state index in [2.05, 4.69) is 0 Å². The fourth-order valence-electron chi connectivity index (χ4n) is 1.20. The van der Waals surface area contributed by atoms with E-state index < -0.39 is 30.6 Å². The minimum absolute atomic E-state index is 0.410. The van der Waals surface area contributed by atoms with Crippen molar-refractivity contribution in [3.05, 3.63) is 12.2 Å². The number of alkyl halides is 3. The van der Waals surface area contributed by atoms with Gasteiger partial charge in [0.1, 0.15) is 6.54 Å². The lowest BCUT2D eigenvalue weighted by Crippen LogP contribution is -2.39. The maximum atomic E-state index is 12.1. The Morgan fingerprint density at radius 2 is 1.88 bits per heavy atom. The van der Waals surface area contributed by atoms with Crippen LogP contribution in [0.25, 0.3) is 0 Å². The van der Waals surface area contributed by atoms with Gasteiger partial charge in [-0.1, -0.05) is 0 Å². The number of aliphatic carboxylic acids is 1. The molecule has 0 aromatic heterocycles. The molecule has 0 saturated heterocycles. The van der Waals surface area contributed by atoms with Crippen LogP contribution in [-0.2, 0) is 9.59 Å². The van der Waals surface area contributed by atoms with Gasteiger partial charge in [0.25, 0.3) is 0 Å². The van der Waals surface area contributed by atoms with Crippen molar-refractivity contribution < 1.29 is 27.9 Å². The summed E-state index contributed by atoms with van der Waals surface area (Å²) in [5, 5.41) is 8.25. The Morgan fingerprint density at radius 3 is 2.25 bits per heavy atom. The Balaban J connectivity index is 2.63. The molecule has 0 unspecified atom stereocenters. The number of halogens is 3.